The van der Waals surface area contributed by atoms with Gasteiger partial charge in [0.2, 0.25) is 0 Å². The first-order valence-electron chi connectivity index (χ1n) is 3.81. The van der Waals surface area contributed by atoms with Gasteiger partial charge in [-0.2, -0.15) is 0 Å². The molecule has 3 nitrogen and oxygen atoms in total. The number of benzene rings is 1. The first kappa shape index (κ1) is 11.0. The minimum Gasteiger partial charge on any atom is -0.504 e. The summed E-state index contributed by atoms with van der Waals surface area (Å²) >= 11 is 2.86. The zero-order chi connectivity index (χ0) is 10.9. The predicted octanol–water partition coefficient (Wildman–Crippen LogP) is 2.13. The second-order valence-corrected chi connectivity index (χ2v) is 3.75. The smallest absolute Gasteiger partial charge is 0.164 e. The van der Waals surface area contributed by atoms with Crippen molar-refractivity contribution in [1.29, 1.82) is 0 Å². The summed E-state index contributed by atoms with van der Waals surface area (Å²) < 4.78 is 13.4. The molecule has 14 heavy (non-hydrogen) atoms. The van der Waals surface area contributed by atoms with Crippen molar-refractivity contribution in [3.8, 4) is 11.5 Å². The summed E-state index contributed by atoms with van der Waals surface area (Å²) in [6, 6.07) is 1.04. The average molecular weight is 263 g/mol. The molecule has 0 saturated carbocycles. The van der Waals surface area contributed by atoms with Crippen molar-refractivity contribution in [3.05, 3.63) is 21.9 Å². The molecule has 1 aromatic rings. The van der Waals surface area contributed by atoms with Gasteiger partial charge in [0.05, 0.1) is 4.47 Å². The van der Waals surface area contributed by atoms with E-state index in [0.717, 1.165) is 6.07 Å². The van der Waals surface area contributed by atoms with E-state index in [1.165, 1.54) is 6.92 Å². The lowest BCUT2D eigenvalue weighted by atomic mass is 10.1. The quantitative estimate of drug-likeness (QED) is 0.803. The number of Topliss-reactive ketones (excluding diaryl/α,β-unsaturated/α-hetero) is 1. The highest BCUT2D eigenvalue weighted by molar-refractivity contribution is 9.10. The van der Waals surface area contributed by atoms with E-state index in [4.69, 9.17) is 5.11 Å². The van der Waals surface area contributed by atoms with E-state index in [0.29, 0.717) is 0 Å². The number of aromatic hydroxyl groups is 2. The van der Waals surface area contributed by atoms with Gasteiger partial charge in [-0.15, -0.1) is 0 Å². The van der Waals surface area contributed by atoms with Crippen molar-refractivity contribution in [2.75, 3.05) is 0 Å². The first-order valence-corrected chi connectivity index (χ1v) is 4.61. The molecule has 1 rings (SSSR count). The van der Waals surface area contributed by atoms with E-state index in [1.54, 1.807) is 0 Å². The number of carbonyl (C=O) groups is 1. The lowest BCUT2D eigenvalue weighted by Gasteiger charge is -2.07. The monoisotopic (exact) mass is 262 g/mol. The van der Waals surface area contributed by atoms with Crippen LogP contribution in [0.15, 0.2) is 10.5 Å². The lowest BCUT2D eigenvalue weighted by molar-refractivity contribution is -0.116. The Morgan fingerprint density at radius 1 is 1.57 bits per heavy atom. The molecule has 0 bridgehead atoms. The predicted molar refractivity (Wildman–Crippen MR) is 51.8 cm³/mol. The standard InChI is InChI=1S/C9H8BrFO3/c1-4(12)2-5-8(11)6(10)3-7(13)9(5)14/h3,13-14H,2H2,1H3. The van der Waals surface area contributed by atoms with Gasteiger partial charge in [0, 0.05) is 18.1 Å². The van der Waals surface area contributed by atoms with Crippen LogP contribution in [0.4, 0.5) is 4.39 Å². The van der Waals surface area contributed by atoms with E-state index in [-0.39, 0.29) is 22.2 Å². The summed E-state index contributed by atoms with van der Waals surface area (Å²) in [4.78, 5) is 10.8. The van der Waals surface area contributed by atoms with Gasteiger partial charge >= 0.3 is 0 Å². The molecule has 1 aromatic carbocycles. The normalized spacial score (nSPS) is 10.2. The van der Waals surface area contributed by atoms with Gasteiger partial charge in [0.15, 0.2) is 11.5 Å². The van der Waals surface area contributed by atoms with Crippen LogP contribution in [-0.2, 0) is 11.2 Å². The van der Waals surface area contributed by atoms with Crippen LogP contribution in [0.25, 0.3) is 0 Å². The highest BCUT2D eigenvalue weighted by atomic mass is 79.9. The van der Waals surface area contributed by atoms with Crippen molar-refractivity contribution in [3.63, 3.8) is 0 Å². The fourth-order valence-electron chi connectivity index (χ4n) is 1.06. The third kappa shape index (κ3) is 2.04. The van der Waals surface area contributed by atoms with Crippen LogP contribution in [0.1, 0.15) is 12.5 Å². The molecule has 0 atom stereocenters. The summed E-state index contributed by atoms with van der Waals surface area (Å²) in [5.74, 6) is -2.05. The zero-order valence-electron chi connectivity index (χ0n) is 7.34. The van der Waals surface area contributed by atoms with Gasteiger partial charge in [-0.25, -0.2) is 4.39 Å². The van der Waals surface area contributed by atoms with Crippen LogP contribution in [0, 0.1) is 5.82 Å². The number of hydrogen-bond acceptors (Lipinski definition) is 3. The highest BCUT2D eigenvalue weighted by Gasteiger charge is 2.17. The molecule has 0 fully saturated rings. The van der Waals surface area contributed by atoms with Crippen LogP contribution in [0.3, 0.4) is 0 Å². The SMILES string of the molecule is CC(=O)Cc1c(O)c(O)cc(Br)c1F. The van der Waals surface area contributed by atoms with E-state index in [2.05, 4.69) is 15.9 Å². The topological polar surface area (TPSA) is 57.5 Å². The largest absolute Gasteiger partial charge is 0.504 e. The number of hydrogen-bond donors (Lipinski definition) is 2. The summed E-state index contributed by atoms with van der Waals surface area (Å²) in [6.45, 7) is 1.27. The summed E-state index contributed by atoms with van der Waals surface area (Å²) in [5, 5.41) is 18.4. The second-order valence-electron chi connectivity index (χ2n) is 2.90. The molecule has 0 aliphatic heterocycles. The number of ketones is 1. The Morgan fingerprint density at radius 3 is 2.64 bits per heavy atom. The van der Waals surface area contributed by atoms with E-state index in [1.807, 2.05) is 0 Å². The van der Waals surface area contributed by atoms with E-state index < -0.39 is 17.3 Å². The van der Waals surface area contributed by atoms with Crippen molar-refractivity contribution < 1.29 is 19.4 Å². The van der Waals surface area contributed by atoms with Crippen LogP contribution in [-0.4, -0.2) is 16.0 Å². The molecule has 0 amide bonds. The molecular formula is C9H8BrFO3. The van der Waals surface area contributed by atoms with E-state index >= 15 is 0 Å². The van der Waals surface area contributed by atoms with Crippen molar-refractivity contribution >= 4 is 21.7 Å². The molecule has 2 N–H and O–H groups in total. The molecule has 0 aliphatic carbocycles. The molecule has 76 valence electrons. The molecule has 0 aromatic heterocycles. The number of halogens is 2. The third-order valence-electron chi connectivity index (χ3n) is 1.69. The minimum absolute atomic E-state index is 0.0176. The summed E-state index contributed by atoms with van der Waals surface area (Å²) in [5.41, 5.74) is -0.190. The van der Waals surface area contributed by atoms with Gasteiger partial charge in [-0.05, 0) is 22.9 Å². The molecule has 0 unspecified atom stereocenters. The maximum absolute atomic E-state index is 13.3. The number of carbonyl (C=O) groups excluding carboxylic acids is 1. The second kappa shape index (κ2) is 3.96. The van der Waals surface area contributed by atoms with Gasteiger partial charge < -0.3 is 10.2 Å². The number of phenols is 2. The summed E-state index contributed by atoms with van der Waals surface area (Å²) in [7, 11) is 0. The van der Waals surface area contributed by atoms with Gasteiger partial charge in [0.1, 0.15) is 11.6 Å². The maximum Gasteiger partial charge on any atom is 0.164 e. The first-order chi connectivity index (χ1) is 6.43. The molecule has 5 heteroatoms. The lowest BCUT2D eigenvalue weighted by Crippen LogP contribution is -2.00. The van der Waals surface area contributed by atoms with Crippen molar-refractivity contribution in [2.45, 2.75) is 13.3 Å². The Bertz CT molecular complexity index is 364. The van der Waals surface area contributed by atoms with Gasteiger partial charge in [-0.3, -0.25) is 4.79 Å². The summed E-state index contributed by atoms with van der Waals surface area (Å²) in [6.07, 6.45) is -0.245. The fourth-order valence-corrected chi connectivity index (χ4v) is 1.52. The third-order valence-corrected chi connectivity index (χ3v) is 2.27. The van der Waals surface area contributed by atoms with E-state index in [9.17, 15) is 14.3 Å². The Balaban J connectivity index is 3.31. The van der Waals surface area contributed by atoms with Gasteiger partial charge in [-0.1, -0.05) is 0 Å². The Morgan fingerprint density at radius 2 is 2.14 bits per heavy atom. The Hall–Kier alpha value is -1.10. The molecule has 0 heterocycles. The van der Waals surface area contributed by atoms with Gasteiger partial charge in [0.25, 0.3) is 0 Å². The zero-order valence-corrected chi connectivity index (χ0v) is 8.93. The molecule has 0 saturated heterocycles. The fraction of sp³-hybridized carbons (Fsp3) is 0.222. The molecule has 0 radical (unpaired) electrons. The van der Waals surface area contributed by atoms with Crippen molar-refractivity contribution in [1.82, 2.24) is 0 Å². The van der Waals surface area contributed by atoms with Crippen LogP contribution >= 0.6 is 15.9 Å². The average Bonchev–Trinajstić information content (AvgIpc) is 2.09. The molecule has 0 aliphatic rings. The number of phenolic OH excluding ortho intramolecular Hbond substituents is 2. The van der Waals surface area contributed by atoms with Crippen LogP contribution in [0.5, 0.6) is 11.5 Å². The van der Waals surface area contributed by atoms with Crippen molar-refractivity contribution in [2.24, 2.45) is 0 Å². The Labute approximate surface area is 88.3 Å². The van der Waals surface area contributed by atoms with Crippen LogP contribution in [0.2, 0.25) is 0 Å². The number of rotatable bonds is 2. The molecule has 0 spiro atoms. The van der Waals surface area contributed by atoms with Crippen LogP contribution < -0.4 is 0 Å². The highest BCUT2D eigenvalue weighted by Crippen LogP contribution is 2.35. The Kier molecular flexibility index (Phi) is 3.10. The minimum atomic E-state index is -0.726. The maximum atomic E-state index is 13.3. The molecular weight excluding hydrogens is 255 g/mol.